The molecule has 1 fully saturated rings. The Bertz CT molecular complexity index is 348. The SMILES string of the molecule is CNc1cc(OC(C)C)nc(C2CC2)n1. The Hall–Kier alpha value is -1.32. The number of nitrogens with one attached hydrogen (secondary N) is 1. The highest BCUT2D eigenvalue weighted by molar-refractivity contribution is 5.38. The van der Waals surface area contributed by atoms with E-state index in [2.05, 4.69) is 15.3 Å². The molecule has 0 spiro atoms. The lowest BCUT2D eigenvalue weighted by Crippen LogP contribution is -2.09. The van der Waals surface area contributed by atoms with Crippen LogP contribution in [0, 0.1) is 0 Å². The Morgan fingerprint density at radius 1 is 1.40 bits per heavy atom. The summed E-state index contributed by atoms with van der Waals surface area (Å²) < 4.78 is 5.58. The average Bonchev–Trinajstić information content (AvgIpc) is 2.99. The molecule has 0 aliphatic heterocycles. The molecule has 1 aromatic rings. The first kappa shape index (κ1) is 10.2. The van der Waals surface area contributed by atoms with Gasteiger partial charge in [-0.05, 0) is 26.7 Å². The largest absolute Gasteiger partial charge is 0.475 e. The van der Waals surface area contributed by atoms with E-state index in [1.54, 1.807) is 0 Å². The Balaban J connectivity index is 2.24. The van der Waals surface area contributed by atoms with Crippen LogP contribution in [-0.2, 0) is 0 Å². The standard InChI is InChI=1S/C11H17N3O/c1-7(2)15-10-6-9(12-3)13-11(14-10)8-4-5-8/h6-8H,4-5H2,1-3H3,(H,12,13,14). The van der Waals surface area contributed by atoms with Gasteiger partial charge >= 0.3 is 0 Å². The highest BCUT2D eigenvalue weighted by Gasteiger charge is 2.27. The van der Waals surface area contributed by atoms with Crippen molar-refractivity contribution in [1.82, 2.24) is 9.97 Å². The van der Waals surface area contributed by atoms with Gasteiger partial charge in [-0.1, -0.05) is 0 Å². The second-order valence-electron chi connectivity index (χ2n) is 4.14. The van der Waals surface area contributed by atoms with Crippen LogP contribution in [0.4, 0.5) is 5.82 Å². The van der Waals surface area contributed by atoms with E-state index in [9.17, 15) is 0 Å². The van der Waals surface area contributed by atoms with Gasteiger partial charge in [0.05, 0.1) is 6.10 Å². The maximum atomic E-state index is 5.58. The van der Waals surface area contributed by atoms with Crippen molar-refractivity contribution in [2.75, 3.05) is 12.4 Å². The molecule has 1 aliphatic rings. The van der Waals surface area contributed by atoms with Gasteiger partial charge in [-0.25, -0.2) is 4.98 Å². The minimum absolute atomic E-state index is 0.150. The molecule has 82 valence electrons. The second kappa shape index (κ2) is 4.04. The van der Waals surface area contributed by atoms with Crippen molar-refractivity contribution in [2.24, 2.45) is 0 Å². The summed E-state index contributed by atoms with van der Waals surface area (Å²) in [5.74, 6) is 2.97. The third kappa shape index (κ3) is 2.58. The number of rotatable bonds is 4. The molecule has 1 heterocycles. The van der Waals surface area contributed by atoms with Gasteiger partial charge in [0.1, 0.15) is 11.6 Å². The molecule has 2 rings (SSSR count). The predicted octanol–water partition coefficient (Wildman–Crippen LogP) is 2.18. The first-order valence-corrected chi connectivity index (χ1v) is 5.42. The van der Waals surface area contributed by atoms with Crippen LogP contribution in [0.15, 0.2) is 6.07 Å². The Morgan fingerprint density at radius 3 is 2.67 bits per heavy atom. The topological polar surface area (TPSA) is 47.0 Å². The van der Waals surface area contributed by atoms with Crippen molar-refractivity contribution < 1.29 is 4.74 Å². The van der Waals surface area contributed by atoms with E-state index in [1.807, 2.05) is 27.0 Å². The highest BCUT2D eigenvalue weighted by Crippen LogP contribution is 2.39. The number of anilines is 1. The lowest BCUT2D eigenvalue weighted by atomic mass is 10.4. The number of nitrogens with zero attached hydrogens (tertiary/aromatic N) is 2. The monoisotopic (exact) mass is 207 g/mol. The molecule has 0 aromatic carbocycles. The van der Waals surface area contributed by atoms with Crippen LogP contribution in [-0.4, -0.2) is 23.1 Å². The molecule has 0 bridgehead atoms. The fraction of sp³-hybridized carbons (Fsp3) is 0.636. The third-order valence-corrected chi connectivity index (χ3v) is 2.28. The molecule has 1 saturated carbocycles. The predicted molar refractivity (Wildman–Crippen MR) is 59.3 cm³/mol. The number of ether oxygens (including phenoxy) is 1. The van der Waals surface area contributed by atoms with E-state index in [1.165, 1.54) is 12.8 Å². The summed E-state index contributed by atoms with van der Waals surface area (Å²) in [5.41, 5.74) is 0. The number of aromatic nitrogens is 2. The summed E-state index contributed by atoms with van der Waals surface area (Å²) in [7, 11) is 1.86. The van der Waals surface area contributed by atoms with Crippen molar-refractivity contribution in [3.8, 4) is 5.88 Å². The van der Waals surface area contributed by atoms with Crippen LogP contribution in [0.5, 0.6) is 5.88 Å². The average molecular weight is 207 g/mol. The zero-order valence-electron chi connectivity index (χ0n) is 9.45. The van der Waals surface area contributed by atoms with Gasteiger partial charge in [-0.15, -0.1) is 0 Å². The van der Waals surface area contributed by atoms with E-state index < -0.39 is 0 Å². The smallest absolute Gasteiger partial charge is 0.218 e. The van der Waals surface area contributed by atoms with Crippen molar-refractivity contribution in [3.05, 3.63) is 11.9 Å². The molecule has 4 nitrogen and oxygen atoms in total. The van der Waals surface area contributed by atoms with Crippen LogP contribution in [0.25, 0.3) is 0 Å². The zero-order valence-corrected chi connectivity index (χ0v) is 9.45. The summed E-state index contributed by atoms with van der Waals surface area (Å²) in [6.45, 7) is 4.00. The van der Waals surface area contributed by atoms with Gasteiger partial charge in [0.15, 0.2) is 0 Å². The Kier molecular flexibility index (Phi) is 2.75. The fourth-order valence-electron chi connectivity index (χ4n) is 1.40. The Labute approximate surface area is 90.1 Å². The normalized spacial score (nSPS) is 15.5. The molecule has 1 aromatic heterocycles. The summed E-state index contributed by atoms with van der Waals surface area (Å²) in [4.78, 5) is 8.83. The first-order chi connectivity index (χ1) is 7.19. The van der Waals surface area contributed by atoms with Crippen molar-refractivity contribution >= 4 is 5.82 Å². The van der Waals surface area contributed by atoms with Gasteiger partial charge < -0.3 is 10.1 Å². The van der Waals surface area contributed by atoms with Crippen LogP contribution >= 0.6 is 0 Å². The van der Waals surface area contributed by atoms with Crippen LogP contribution in [0.3, 0.4) is 0 Å². The van der Waals surface area contributed by atoms with Gasteiger partial charge in [-0.3, -0.25) is 0 Å². The lowest BCUT2D eigenvalue weighted by molar-refractivity contribution is 0.231. The quantitative estimate of drug-likeness (QED) is 0.822. The molecule has 0 atom stereocenters. The first-order valence-electron chi connectivity index (χ1n) is 5.42. The number of hydrogen-bond donors (Lipinski definition) is 1. The van der Waals surface area contributed by atoms with Crippen LogP contribution in [0.2, 0.25) is 0 Å². The van der Waals surface area contributed by atoms with Crippen LogP contribution in [0.1, 0.15) is 38.4 Å². The molecule has 0 saturated heterocycles. The molecular formula is C11H17N3O. The van der Waals surface area contributed by atoms with Gasteiger partial charge in [-0.2, -0.15) is 4.98 Å². The summed E-state index contributed by atoms with van der Waals surface area (Å²) >= 11 is 0. The second-order valence-corrected chi connectivity index (χ2v) is 4.14. The van der Waals surface area contributed by atoms with Gasteiger partial charge in [0, 0.05) is 19.0 Å². The van der Waals surface area contributed by atoms with Gasteiger partial charge in [0.25, 0.3) is 0 Å². The summed E-state index contributed by atoms with van der Waals surface area (Å²) in [6.07, 6.45) is 2.56. The highest BCUT2D eigenvalue weighted by atomic mass is 16.5. The van der Waals surface area contributed by atoms with Crippen LogP contribution < -0.4 is 10.1 Å². The van der Waals surface area contributed by atoms with E-state index in [0.29, 0.717) is 11.8 Å². The molecular weight excluding hydrogens is 190 g/mol. The molecule has 0 radical (unpaired) electrons. The van der Waals surface area contributed by atoms with Gasteiger partial charge in [0.2, 0.25) is 5.88 Å². The molecule has 0 amide bonds. The lowest BCUT2D eigenvalue weighted by Gasteiger charge is -2.11. The van der Waals surface area contributed by atoms with E-state index in [0.717, 1.165) is 11.6 Å². The van der Waals surface area contributed by atoms with Crippen molar-refractivity contribution in [3.63, 3.8) is 0 Å². The zero-order chi connectivity index (χ0) is 10.8. The molecule has 15 heavy (non-hydrogen) atoms. The number of hydrogen-bond acceptors (Lipinski definition) is 4. The molecule has 1 aliphatic carbocycles. The third-order valence-electron chi connectivity index (χ3n) is 2.28. The minimum Gasteiger partial charge on any atom is -0.475 e. The molecule has 4 heteroatoms. The molecule has 0 unspecified atom stereocenters. The maximum absolute atomic E-state index is 5.58. The fourth-order valence-corrected chi connectivity index (χ4v) is 1.40. The Morgan fingerprint density at radius 2 is 2.13 bits per heavy atom. The summed E-state index contributed by atoms with van der Waals surface area (Å²) in [6, 6.07) is 1.84. The molecule has 1 N–H and O–H groups in total. The summed E-state index contributed by atoms with van der Waals surface area (Å²) in [5, 5.41) is 3.03. The van der Waals surface area contributed by atoms with E-state index >= 15 is 0 Å². The minimum atomic E-state index is 0.150. The maximum Gasteiger partial charge on any atom is 0.218 e. The van der Waals surface area contributed by atoms with E-state index in [4.69, 9.17) is 4.74 Å². The van der Waals surface area contributed by atoms with Crippen molar-refractivity contribution in [1.29, 1.82) is 0 Å². The van der Waals surface area contributed by atoms with Crippen molar-refractivity contribution in [2.45, 2.75) is 38.7 Å². The van der Waals surface area contributed by atoms with E-state index in [-0.39, 0.29) is 6.10 Å².